The summed E-state index contributed by atoms with van der Waals surface area (Å²) in [5, 5.41) is 39.7. The molecule has 0 amide bonds. The number of halogens is 1. The molecule has 2 aromatic carbocycles. The van der Waals surface area contributed by atoms with Crippen molar-refractivity contribution in [2.75, 3.05) is 6.61 Å². The molecule has 0 saturated carbocycles. The van der Waals surface area contributed by atoms with E-state index in [4.69, 9.17) is 9.84 Å². The van der Waals surface area contributed by atoms with Gasteiger partial charge in [0, 0.05) is 16.2 Å². The van der Waals surface area contributed by atoms with Crippen LogP contribution in [-0.4, -0.2) is 51.4 Å². The largest absolute Gasteiger partial charge is 0.394 e. The number of hydrogen-bond acceptors (Lipinski definition) is 6. The molecular formula is C24H25FO5S. The topological polar surface area (TPSA) is 90.2 Å². The van der Waals surface area contributed by atoms with Gasteiger partial charge in [-0.3, -0.25) is 0 Å². The lowest BCUT2D eigenvalue weighted by Gasteiger charge is -2.19. The van der Waals surface area contributed by atoms with Gasteiger partial charge in [-0.25, -0.2) is 4.39 Å². The smallest absolute Gasteiger partial charge is 0.123 e. The molecule has 1 aromatic heterocycles. The van der Waals surface area contributed by atoms with E-state index in [0.717, 1.165) is 26.4 Å². The van der Waals surface area contributed by atoms with E-state index in [2.05, 4.69) is 0 Å². The third kappa shape index (κ3) is 4.57. The first-order chi connectivity index (χ1) is 14.9. The fourth-order valence-corrected chi connectivity index (χ4v) is 4.93. The highest BCUT2D eigenvalue weighted by Crippen LogP contribution is 2.36. The molecule has 31 heavy (non-hydrogen) atoms. The lowest BCUT2D eigenvalue weighted by Crippen LogP contribution is -2.40. The average molecular weight is 445 g/mol. The predicted molar refractivity (Wildman–Crippen MR) is 116 cm³/mol. The third-order valence-electron chi connectivity index (χ3n) is 5.72. The predicted octanol–water partition coefficient (Wildman–Crippen LogP) is 2.97. The minimum absolute atomic E-state index is 0.261. The van der Waals surface area contributed by atoms with Gasteiger partial charge in [-0.2, -0.15) is 0 Å². The zero-order valence-electron chi connectivity index (χ0n) is 17.0. The second kappa shape index (κ2) is 9.16. The van der Waals surface area contributed by atoms with Crippen LogP contribution in [-0.2, 0) is 11.2 Å². The molecule has 1 fully saturated rings. The minimum atomic E-state index is -1.28. The molecule has 1 saturated heterocycles. The van der Waals surface area contributed by atoms with Crippen molar-refractivity contribution in [1.29, 1.82) is 0 Å². The van der Waals surface area contributed by atoms with Crippen LogP contribution in [0.4, 0.5) is 4.39 Å². The number of hydrogen-bond donors (Lipinski definition) is 4. The highest BCUT2D eigenvalue weighted by Gasteiger charge is 2.46. The average Bonchev–Trinajstić information content (AvgIpc) is 3.35. The second-order valence-electron chi connectivity index (χ2n) is 7.89. The van der Waals surface area contributed by atoms with Crippen LogP contribution >= 0.6 is 11.3 Å². The minimum Gasteiger partial charge on any atom is -0.394 e. The summed E-state index contributed by atoms with van der Waals surface area (Å²) in [6.45, 7) is 1.45. The summed E-state index contributed by atoms with van der Waals surface area (Å²) in [5.41, 5.74) is 3.81. The van der Waals surface area contributed by atoms with Crippen LogP contribution in [0.5, 0.6) is 0 Å². The van der Waals surface area contributed by atoms with Gasteiger partial charge >= 0.3 is 0 Å². The number of aliphatic hydroxyl groups is 4. The number of ether oxygens (including phenoxy) is 1. The normalized spacial score (nSPS) is 24.5. The van der Waals surface area contributed by atoms with E-state index in [0.29, 0.717) is 12.0 Å². The maximum atomic E-state index is 13.2. The van der Waals surface area contributed by atoms with Crippen LogP contribution in [0.1, 0.15) is 27.7 Å². The molecule has 4 N–H and O–H groups in total. The first-order valence-corrected chi connectivity index (χ1v) is 10.9. The quantitative estimate of drug-likeness (QED) is 0.469. The molecule has 1 aliphatic rings. The molecule has 0 aliphatic carbocycles. The summed E-state index contributed by atoms with van der Waals surface area (Å²) in [6, 6.07) is 16.2. The molecule has 1 unspecified atom stereocenters. The maximum Gasteiger partial charge on any atom is 0.123 e. The molecule has 7 heteroatoms. The Labute approximate surface area is 184 Å². The lowest BCUT2D eigenvalue weighted by atomic mass is 9.95. The SMILES string of the molecule is Cc1ccc([C@@H]2O[C@H](C(O)CO)[C@@H](O)[C@@H]2O)cc1Cc1ccc(-c2ccc(F)cc2)s1. The van der Waals surface area contributed by atoms with Crippen molar-refractivity contribution in [1.82, 2.24) is 0 Å². The van der Waals surface area contributed by atoms with E-state index >= 15 is 0 Å². The molecule has 0 bridgehead atoms. The van der Waals surface area contributed by atoms with Crippen molar-refractivity contribution in [2.45, 2.75) is 43.9 Å². The second-order valence-corrected chi connectivity index (χ2v) is 9.06. The number of aliphatic hydroxyl groups excluding tert-OH is 4. The maximum absolute atomic E-state index is 13.2. The van der Waals surface area contributed by atoms with Crippen LogP contribution in [0.2, 0.25) is 0 Å². The van der Waals surface area contributed by atoms with Crippen molar-refractivity contribution in [3.63, 3.8) is 0 Å². The summed E-state index contributed by atoms with van der Waals surface area (Å²) in [4.78, 5) is 2.20. The Kier molecular flexibility index (Phi) is 6.52. The van der Waals surface area contributed by atoms with E-state index in [1.807, 2.05) is 37.3 Å². The molecule has 5 nitrogen and oxygen atoms in total. The summed E-state index contributed by atoms with van der Waals surface area (Å²) in [7, 11) is 0. The van der Waals surface area contributed by atoms with Crippen LogP contribution in [0, 0.1) is 12.7 Å². The van der Waals surface area contributed by atoms with Crippen molar-refractivity contribution in [3.8, 4) is 10.4 Å². The lowest BCUT2D eigenvalue weighted by molar-refractivity contribution is -0.0820. The molecule has 164 valence electrons. The zero-order chi connectivity index (χ0) is 22.1. The Morgan fingerprint density at radius 3 is 2.48 bits per heavy atom. The van der Waals surface area contributed by atoms with Crippen molar-refractivity contribution in [2.24, 2.45) is 0 Å². The van der Waals surface area contributed by atoms with Gasteiger partial charge in [0.15, 0.2) is 0 Å². The van der Waals surface area contributed by atoms with Gasteiger partial charge in [-0.1, -0.05) is 30.3 Å². The van der Waals surface area contributed by atoms with Gasteiger partial charge in [0.05, 0.1) is 6.61 Å². The summed E-state index contributed by atoms with van der Waals surface area (Å²) in [5.74, 6) is -0.261. The molecular weight excluding hydrogens is 419 g/mol. The molecule has 1 aliphatic heterocycles. The first-order valence-electron chi connectivity index (χ1n) is 10.1. The van der Waals surface area contributed by atoms with E-state index in [1.54, 1.807) is 23.5 Å². The molecule has 2 heterocycles. The fraction of sp³-hybridized carbons (Fsp3) is 0.333. The molecule has 5 atom stereocenters. The van der Waals surface area contributed by atoms with Gasteiger partial charge in [0.1, 0.15) is 36.3 Å². The Bertz CT molecular complexity index is 1030. The number of benzene rings is 2. The van der Waals surface area contributed by atoms with E-state index in [-0.39, 0.29) is 5.82 Å². The first kappa shape index (κ1) is 22.1. The Hall–Kier alpha value is -2.13. The summed E-state index contributed by atoms with van der Waals surface area (Å²) < 4.78 is 18.9. The van der Waals surface area contributed by atoms with Gasteiger partial charge in [-0.15, -0.1) is 11.3 Å². The van der Waals surface area contributed by atoms with Gasteiger partial charge in [0.2, 0.25) is 0 Å². The number of thiophene rings is 1. The van der Waals surface area contributed by atoms with Gasteiger partial charge < -0.3 is 25.2 Å². The zero-order valence-corrected chi connectivity index (χ0v) is 17.8. The summed E-state index contributed by atoms with van der Waals surface area (Å²) >= 11 is 1.64. The van der Waals surface area contributed by atoms with E-state index < -0.39 is 37.1 Å². The van der Waals surface area contributed by atoms with Crippen LogP contribution in [0.3, 0.4) is 0 Å². The summed E-state index contributed by atoms with van der Waals surface area (Å²) in [6.07, 6.45) is -4.92. The standard InChI is InChI=1S/C24H25FO5S/c1-13-2-3-15(23-21(28)22(29)24(30-23)19(27)12-26)10-16(13)11-18-8-9-20(31-18)14-4-6-17(25)7-5-14/h2-10,19,21-24,26-29H,11-12H2,1H3/t19?,21-,22-,23-,24+/m0/s1. The Morgan fingerprint density at radius 1 is 1.03 bits per heavy atom. The number of rotatable bonds is 6. The van der Waals surface area contributed by atoms with Gasteiger partial charge in [-0.05, 0) is 53.4 Å². The highest BCUT2D eigenvalue weighted by molar-refractivity contribution is 7.15. The molecule has 0 radical (unpaired) electrons. The van der Waals surface area contributed by atoms with Crippen LogP contribution < -0.4 is 0 Å². The van der Waals surface area contributed by atoms with E-state index in [9.17, 15) is 19.7 Å². The third-order valence-corrected chi connectivity index (χ3v) is 6.86. The fourth-order valence-electron chi connectivity index (χ4n) is 3.89. The monoisotopic (exact) mass is 444 g/mol. The highest BCUT2D eigenvalue weighted by atomic mass is 32.1. The van der Waals surface area contributed by atoms with Crippen molar-refractivity contribution < 1.29 is 29.6 Å². The van der Waals surface area contributed by atoms with Gasteiger partial charge in [0.25, 0.3) is 0 Å². The molecule has 0 spiro atoms. The van der Waals surface area contributed by atoms with Crippen molar-refractivity contribution >= 4 is 11.3 Å². The Morgan fingerprint density at radius 2 is 1.77 bits per heavy atom. The van der Waals surface area contributed by atoms with E-state index in [1.165, 1.54) is 12.1 Å². The number of aryl methyl sites for hydroxylation is 1. The van der Waals surface area contributed by atoms with Crippen LogP contribution in [0.25, 0.3) is 10.4 Å². The van der Waals surface area contributed by atoms with Crippen molar-refractivity contribution in [3.05, 3.63) is 82.0 Å². The molecule has 4 rings (SSSR count). The molecule has 3 aromatic rings. The van der Waals surface area contributed by atoms with Crippen LogP contribution in [0.15, 0.2) is 54.6 Å². The Balaban J connectivity index is 1.54.